The molecule has 2 aliphatic rings. The zero-order valence-corrected chi connectivity index (χ0v) is 25.1. The summed E-state index contributed by atoms with van der Waals surface area (Å²) in [7, 11) is 0. The fourth-order valence-corrected chi connectivity index (χ4v) is 6.40. The number of rotatable bonds is 5. The van der Waals surface area contributed by atoms with E-state index in [0.29, 0.717) is 18.1 Å². The van der Waals surface area contributed by atoms with Crippen LogP contribution in [0.2, 0.25) is 5.02 Å². The molecule has 3 nitrogen and oxygen atoms in total. The second-order valence-electron chi connectivity index (χ2n) is 10.9. The smallest absolute Gasteiger partial charge is 0.338 e. The van der Waals surface area contributed by atoms with Crippen molar-refractivity contribution in [1.82, 2.24) is 4.98 Å². The van der Waals surface area contributed by atoms with Crippen molar-refractivity contribution in [3.63, 3.8) is 0 Å². The highest BCUT2D eigenvalue weighted by atomic mass is 35.5. The van der Waals surface area contributed by atoms with Gasteiger partial charge in [0.05, 0.1) is 12.2 Å². The normalized spacial score (nSPS) is 14.7. The highest BCUT2D eigenvalue weighted by Gasteiger charge is 2.23. The molecule has 0 saturated carbocycles. The van der Waals surface area contributed by atoms with Crippen LogP contribution in [-0.4, -0.2) is 17.6 Å². The maximum Gasteiger partial charge on any atom is 0.338 e. The number of ether oxygens (including phenoxy) is 1. The highest BCUT2D eigenvalue weighted by Crippen LogP contribution is 2.33. The first-order chi connectivity index (χ1) is 21.1. The summed E-state index contributed by atoms with van der Waals surface area (Å²) in [5.74, 6) is 0.265. The molecule has 0 fully saturated rings. The molecule has 2 aliphatic carbocycles. The molecule has 0 amide bonds. The molecular weight excluding hydrogens is 550 g/mol. The minimum atomic E-state index is -0.296. The molecule has 1 atom stereocenters. The SMILES string of the molecule is CCOC(=O)c1ccncc1.Clc1ccc(C2=c3c(ccc4c3=CCCC4Cc3ccccc3)-c3ccccc3C2)cc1. The Labute approximate surface area is 258 Å². The van der Waals surface area contributed by atoms with Crippen LogP contribution in [0.1, 0.15) is 58.3 Å². The fourth-order valence-electron chi connectivity index (χ4n) is 6.27. The van der Waals surface area contributed by atoms with E-state index >= 15 is 0 Å². The van der Waals surface area contributed by atoms with Crippen molar-refractivity contribution in [2.24, 2.45) is 0 Å². The number of aromatic nitrogens is 1. The number of nitrogens with zero attached hydrogens (tertiary/aromatic N) is 1. The van der Waals surface area contributed by atoms with Gasteiger partial charge in [-0.1, -0.05) is 96.5 Å². The number of hydrogen-bond acceptors (Lipinski definition) is 3. The fraction of sp³-hybridized carbons (Fsp3) is 0.179. The number of halogens is 1. The molecule has 4 aromatic carbocycles. The molecule has 1 heterocycles. The minimum Gasteiger partial charge on any atom is -0.462 e. The summed E-state index contributed by atoms with van der Waals surface area (Å²) >= 11 is 6.23. The van der Waals surface area contributed by atoms with Crippen molar-refractivity contribution < 1.29 is 9.53 Å². The standard InChI is InChI=1S/C31H25Cl.C8H9NO2/c32-25-15-13-22(14-16-25)30-20-24-9-4-5-11-26(24)29-18-17-27-23(10-6-12-28(27)31(29)30)19-21-7-2-1-3-8-21;1-2-11-8(10)7-3-5-9-6-4-7/h1-5,7-9,11-18,23H,6,10,19-20H2;3-6H,2H2,1H3. The molecule has 5 aromatic rings. The number of carbonyl (C=O) groups is 1. The van der Waals surface area contributed by atoms with Gasteiger partial charge in [0.15, 0.2) is 0 Å². The monoisotopic (exact) mass is 583 g/mol. The summed E-state index contributed by atoms with van der Waals surface area (Å²) in [6.45, 7) is 2.18. The Balaban J connectivity index is 0.000000254. The van der Waals surface area contributed by atoms with Gasteiger partial charge in [-0.2, -0.15) is 0 Å². The first kappa shape index (κ1) is 28.6. The lowest BCUT2D eigenvalue weighted by molar-refractivity contribution is 0.0526. The summed E-state index contributed by atoms with van der Waals surface area (Å²) in [4.78, 5) is 14.8. The summed E-state index contributed by atoms with van der Waals surface area (Å²) in [6.07, 6.45) is 10.0. The molecule has 0 radical (unpaired) electrons. The van der Waals surface area contributed by atoms with Crippen LogP contribution < -0.4 is 10.4 Å². The molecule has 7 rings (SSSR count). The van der Waals surface area contributed by atoms with Gasteiger partial charge in [0, 0.05) is 17.4 Å². The van der Waals surface area contributed by atoms with Crippen LogP contribution in [0.15, 0.2) is 116 Å². The van der Waals surface area contributed by atoms with E-state index in [0.717, 1.165) is 24.3 Å². The Bertz CT molecular complexity index is 1850. The predicted molar refractivity (Wildman–Crippen MR) is 176 cm³/mol. The van der Waals surface area contributed by atoms with Gasteiger partial charge in [-0.05, 0) is 112 Å². The van der Waals surface area contributed by atoms with E-state index in [1.165, 1.54) is 55.8 Å². The number of pyridine rings is 1. The van der Waals surface area contributed by atoms with Crippen molar-refractivity contribution in [1.29, 1.82) is 0 Å². The molecule has 1 unspecified atom stereocenters. The second-order valence-corrected chi connectivity index (χ2v) is 11.4. The number of hydrogen-bond donors (Lipinski definition) is 0. The summed E-state index contributed by atoms with van der Waals surface area (Å²) < 4.78 is 4.76. The lowest BCUT2D eigenvalue weighted by Crippen LogP contribution is -2.38. The first-order valence-corrected chi connectivity index (χ1v) is 15.3. The number of benzene rings is 4. The van der Waals surface area contributed by atoms with E-state index in [4.69, 9.17) is 16.3 Å². The van der Waals surface area contributed by atoms with Crippen LogP contribution in [0.3, 0.4) is 0 Å². The molecule has 4 heteroatoms. The molecule has 214 valence electrons. The molecule has 0 N–H and O–H groups in total. The average molecular weight is 584 g/mol. The quantitative estimate of drug-likeness (QED) is 0.197. The van der Waals surface area contributed by atoms with Crippen molar-refractivity contribution in [3.8, 4) is 11.1 Å². The highest BCUT2D eigenvalue weighted by molar-refractivity contribution is 6.30. The first-order valence-electron chi connectivity index (χ1n) is 14.9. The van der Waals surface area contributed by atoms with Crippen molar-refractivity contribution in [3.05, 3.63) is 159 Å². The van der Waals surface area contributed by atoms with E-state index < -0.39 is 0 Å². The Morgan fingerprint density at radius 1 is 0.860 bits per heavy atom. The zero-order chi connectivity index (χ0) is 29.6. The number of fused-ring (bicyclic) bond motifs is 5. The van der Waals surface area contributed by atoms with Gasteiger partial charge in [-0.15, -0.1) is 0 Å². The average Bonchev–Trinajstić information content (AvgIpc) is 3.06. The topological polar surface area (TPSA) is 39.2 Å². The largest absolute Gasteiger partial charge is 0.462 e. The van der Waals surface area contributed by atoms with Gasteiger partial charge < -0.3 is 4.74 Å². The maximum absolute atomic E-state index is 11.0. The van der Waals surface area contributed by atoms with Crippen LogP contribution in [0.4, 0.5) is 0 Å². The van der Waals surface area contributed by atoms with E-state index in [1.807, 2.05) is 12.1 Å². The third-order valence-electron chi connectivity index (χ3n) is 8.27. The molecule has 43 heavy (non-hydrogen) atoms. The van der Waals surface area contributed by atoms with Gasteiger partial charge in [-0.25, -0.2) is 4.79 Å². The van der Waals surface area contributed by atoms with Crippen LogP contribution in [0, 0.1) is 0 Å². The van der Waals surface area contributed by atoms with Gasteiger partial charge in [-0.3, -0.25) is 4.98 Å². The minimum absolute atomic E-state index is 0.296. The Morgan fingerprint density at radius 3 is 2.37 bits per heavy atom. The molecule has 1 aromatic heterocycles. The van der Waals surface area contributed by atoms with E-state index in [9.17, 15) is 4.79 Å². The number of carbonyl (C=O) groups excluding carboxylic acids is 1. The van der Waals surface area contributed by atoms with Gasteiger partial charge in [0.2, 0.25) is 0 Å². The maximum atomic E-state index is 11.0. The van der Waals surface area contributed by atoms with Crippen molar-refractivity contribution >= 4 is 29.2 Å². The van der Waals surface area contributed by atoms with Crippen LogP contribution in [0.5, 0.6) is 0 Å². The van der Waals surface area contributed by atoms with Crippen LogP contribution in [0.25, 0.3) is 22.8 Å². The predicted octanol–water partition coefficient (Wildman–Crippen LogP) is 7.92. The Kier molecular flexibility index (Phi) is 8.81. The third-order valence-corrected chi connectivity index (χ3v) is 8.52. The number of esters is 1. The molecular formula is C39H34ClNO2. The van der Waals surface area contributed by atoms with Gasteiger partial charge in [0.25, 0.3) is 0 Å². The van der Waals surface area contributed by atoms with Crippen molar-refractivity contribution in [2.45, 2.75) is 38.5 Å². The Morgan fingerprint density at radius 2 is 1.60 bits per heavy atom. The Hall–Kier alpha value is -4.47. The lowest BCUT2D eigenvalue weighted by atomic mass is 9.78. The second kappa shape index (κ2) is 13.2. The molecule has 0 aliphatic heterocycles. The van der Waals surface area contributed by atoms with Crippen LogP contribution in [-0.2, 0) is 17.6 Å². The lowest BCUT2D eigenvalue weighted by Gasteiger charge is -2.26. The van der Waals surface area contributed by atoms with E-state index in [1.54, 1.807) is 31.5 Å². The third kappa shape index (κ3) is 6.33. The summed E-state index contributed by atoms with van der Waals surface area (Å²) in [5.41, 5.74) is 10.3. The van der Waals surface area contributed by atoms with Crippen molar-refractivity contribution in [2.75, 3.05) is 6.61 Å². The molecule has 0 saturated heterocycles. The van der Waals surface area contributed by atoms with Gasteiger partial charge in [0.1, 0.15) is 0 Å². The van der Waals surface area contributed by atoms with E-state index in [2.05, 4.69) is 89.9 Å². The van der Waals surface area contributed by atoms with E-state index in [-0.39, 0.29) is 5.97 Å². The molecule has 0 bridgehead atoms. The zero-order valence-electron chi connectivity index (χ0n) is 24.3. The van der Waals surface area contributed by atoms with Gasteiger partial charge >= 0.3 is 5.97 Å². The van der Waals surface area contributed by atoms with Crippen LogP contribution >= 0.6 is 11.6 Å². The molecule has 0 spiro atoms. The summed E-state index contributed by atoms with van der Waals surface area (Å²) in [5, 5.41) is 3.67. The summed E-state index contributed by atoms with van der Waals surface area (Å²) in [6, 6.07) is 36.2.